The SMILES string of the molecule is Cn1nc(-c2ccccc2)cc1N=CC1C(=O)Nc2nc(Cl)ccc21. The van der Waals surface area contributed by atoms with Gasteiger partial charge in [-0.3, -0.25) is 9.48 Å². The van der Waals surface area contributed by atoms with Gasteiger partial charge in [-0.1, -0.05) is 48.0 Å². The van der Waals surface area contributed by atoms with E-state index in [1.54, 1.807) is 23.0 Å². The Kier molecular flexibility index (Phi) is 3.82. The number of amides is 1. The smallest absolute Gasteiger partial charge is 0.238 e. The first-order valence-electron chi connectivity index (χ1n) is 7.73. The average Bonchev–Trinajstić information content (AvgIpc) is 3.12. The molecule has 1 aliphatic heterocycles. The van der Waals surface area contributed by atoms with Crippen LogP contribution in [0.25, 0.3) is 11.3 Å². The molecule has 2 aromatic heterocycles. The van der Waals surface area contributed by atoms with Crippen LogP contribution >= 0.6 is 11.6 Å². The van der Waals surface area contributed by atoms with E-state index in [1.165, 1.54) is 0 Å². The van der Waals surface area contributed by atoms with Gasteiger partial charge in [0.1, 0.15) is 22.7 Å². The van der Waals surface area contributed by atoms with Crippen molar-refractivity contribution in [1.82, 2.24) is 14.8 Å². The molecule has 0 fully saturated rings. The van der Waals surface area contributed by atoms with Gasteiger partial charge in [0.15, 0.2) is 0 Å². The third kappa shape index (κ3) is 2.92. The van der Waals surface area contributed by atoms with Crippen molar-refractivity contribution in [2.45, 2.75) is 5.92 Å². The third-order valence-corrected chi connectivity index (χ3v) is 4.24. The van der Waals surface area contributed by atoms with Gasteiger partial charge in [-0.25, -0.2) is 9.98 Å². The molecule has 0 aliphatic carbocycles. The first-order chi connectivity index (χ1) is 12.1. The normalized spacial score (nSPS) is 16.2. The molecule has 0 radical (unpaired) electrons. The summed E-state index contributed by atoms with van der Waals surface area (Å²) < 4.78 is 1.69. The Morgan fingerprint density at radius 3 is 2.84 bits per heavy atom. The number of hydrogen-bond donors (Lipinski definition) is 1. The summed E-state index contributed by atoms with van der Waals surface area (Å²) >= 11 is 5.87. The van der Waals surface area contributed by atoms with Crippen LogP contribution in [0.4, 0.5) is 11.6 Å². The highest BCUT2D eigenvalue weighted by molar-refractivity contribution is 6.29. The molecule has 7 heteroatoms. The van der Waals surface area contributed by atoms with Crippen LogP contribution in [0.3, 0.4) is 0 Å². The first-order valence-corrected chi connectivity index (χ1v) is 8.10. The zero-order valence-electron chi connectivity index (χ0n) is 13.3. The minimum atomic E-state index is -0.491. The van der Waals surface area contributed by atoms with Gasteiger partial charge in [0.2, 0.25) is 5.91 Å². The number of nitrogens with zero attached hydrogens (tertiary/aromatic N) is 4. The number of aliphatic imine (C=N–C) groups is 1. The topological polar surface area (TPSA) is 72.2 Å². The van der Waals surface area contributed by atoms with E-state index in [0.717, 1.165) is 16.8 Å². The Morgan fingerprint density at radius 2 is 2.04 bits per heavy atom. The number of anilines is 1. The highest BCUT2D eigenvalue weighted by Crippen LogP contribution is 2.31. The monoisotopic (exact) mass is 351 g/mol. The number of benzene rings is 1. The Labute approximate surface area is 149 Å². The number of hydrogen-bond acceptors (Lipinski definition) is 4. The van der Waals surface area contributed by atoms with Crippen LogP contribution in [0.2, 0.25) is 5.15 Å². The number of rotatable bonds is 3. The van der Waals surface area contributed by atoms with Crippen LogP contribution in [-0.2, 0) is 11.8 Å². The van der Waals surface area contributed by atoms with E-state index in [2.05, 4.69) is 20.4 Å². The number of pyridine rings is 1. The summed E-state index contributed by atoms with van der Waals surface area (Å²) in [5.41, 5.74) is 2.62. The number of nitrogens with one attached hydrogen (secondary N) is 1. The van der Waals surface area contributed by atoms with Crippen molar-refractivity contribution in [2.24, 2.45) is 12.0 Å². The van der Waals surface area contributed by atoms with Crippen LogP contribution in [0, 0.1) is 0 Å². The van der Waals surface area contributed by atoms with E-state index >= 15 is 0 Å². The maximum absolute atomic E-state index is 12.2. The van der Waals surface area contributed by atoms with Gasteiger partial charge in [-0.15, -0.1) is 0 Å². The van der Waals surface area contributed by atoms with Crippen LogP contribution < -0.4 is 5.32 Å². The number of carbonyl (C=O) groups excluding carboxylic acids is 1. The predicted molar refractivity (Wildman–Crippen MR) is 97.4 cm³/mol. The predicted octanol–water partition coefficient (Wildman–Crippen LogP) is 3.57. The number of halogens is 1. The van der Waals surface area contributed by atoms with E-state index in [-0.39, 0.29) is 5.91 Å². The fourth-order valence-corrected chi connectivity index (χ4v) is 2.91. The van der Waals surface area contributed by atoms with Gasteiger partial charge in [0.05, 0.1) is 5.69 Å². The third-order valence-electron chi connectivity index (χ3n) is 4.03. The number of fused-ring (bicyclic) bond motifs is 1. The van der Waals surface area contributed by atoms with Crippen molar-refractivity contribution in [3.8, 4) is 11.3 Å². The molecule has 0 spiro atoms. The molecule has 1 aliphatic rings. The highest BCUT2D eigenvalue weighted by atomic mass is 35.5. The Balaban J connectivity index is 1.63. The summed E-state index contributed by atoms with van der Waals surface area (Å²) in [5, 5.41) is 7.54. The molecule has 0 bridgehead atoms. The Hall–Kier alpha value is -2.99. The lowest BCUT2D eigenvalue weighted by molar-refractivity contribution is -0.115. The molecule has 1 amide bonds. The lowest BCUT2D eigenvalue weighted by Gasteiger charge is -2.01. The second-order valence-electron chi connectivity index (χ2n) is 5.69. The lowest BCUT2D eigenvalue weighted by Crippen LogP contribution is -2.13. The van der Waals surface area contributed by atoms with Crippen molar-refractivity contribution in [2.75, 3.05) is 5.32 Å². The molecule has 1 atom stereocenters. The van der Waals surface area contributed by atoms with Crippen molar-refractivity contribution in [3.63, 3.8) is 0 Å². The molecule has 25 heavy (non-hydrogen) atoms. The number of aromatic nitrogens is 3. The Morgan fingerprint density at radius 1 is 1.24 bits per heavy atom. The molecule has 3 aromatic rings. The number of aryl methyl sites for hydroxylation is 1. The molecule has 124 valence electrons. The number of carbonyl (C=O) groups is 1. The minimum Gasteiger partial charge on any atom is -0.310 e. The summed E-state index contributed by atoms with van der Waals surface area (Å²) in [7, 11) is 1.82. The fraction of sp³-hybridized carbons (Fsp3) is 0.111. The summed E-state index contributed by atoms with van der Waals surface area (Å²) in [6.45, 7) is 0. The van der Waals surface area contributed by atoms with Crippen molar-refractivity contribution < 1.29 is 4.79 Å². The van der Waals surface area contributed by atoms with Crippen molar-refractivity contribution in [3.05, 3.63) is 59.2 Å². The van der Waals surface area contributed by atoms with E-state index < -0.39 is 5.92 Å². The van der Waals surface area contributed by atoms with Gasteiger partial charge in [0.25, 0.3) is 0 Å². The van der Waals surface area contributed by atoms with E-state index in [4.69, 9.17) is 11.6 Å². The molecule has 3 heterocycles. The highest BCUT2D eigenvalue weighted by Gasteiger charge is 2.30. The van der Waals surface area contributed by atoms with Crippen LogP contribution in [0.5, 0.6) is 0 Å². The van der Waals surface area contributed by atoms with Crippen molar-refractivity contribution >= 4 is 35.4 Å². The summed E-state index contributed by atoms with van der Waals surface area (Å²) in [6, 6.07) is 15.2. The quantitative estimate of drug-likeness (QED) is 0.579. The Bertz CT molecular complexity index is 980. The van der Waals surface area contributed by atoms with Crippen molar-refractivity contribution in [1.29, 1.82) is 0 Å². The summed E-state index contributed by atoms with van der Waals surface area (Å²) in [6.07, 6.45) is 1.61. The zero-order valence-corrected chi connectivity index (χ0v) is 14.1. The summed E-state index contributed by atoms with van der Waals surface area (Å²) in [4.78, 5) is 20.8. The van der Waals surface area contributed by atoms with E-state index in [9.17, 15) is 4.79 Å². The van der Waals surface area contributed by atoms with E-state index in [0.29, 0.717) is 16.8 Å². The van der Waals surface area contributed by atoms with Crippen LogP contribution in [0.1, 0.15) is 11.5 Å². The molecule has 1 aromatic carbocycles. The molecule has 1 N–H and O–H groups in total. The first kappa shape index (κ1) is 15.5. The van der Waals surface area contributed by atoms with Gasteiger partial charge in [-0.2, -0.15) is 5.10 Å². The largest absolute Gasteiger partial charge is 0.310 e. The molecular weight excluding hydrogens is 338 g/mol. The van der Waals surface area contributed by atoms with Crippen LogP contribution in [-0.4, -0.2) is 26.9 Å². The molecule has 6 nitrogen and oxygen atoms in total. The maximum atomic E-state index is 12.2. The molecule has 4 rings (SSSR count). The zero-order chi connectivity index (χ0) is 17.4. The summed E-state index contributed by atoms with van der Waals surface area (Å²) in [5.74, 6) is 0.500. The van der Waals surface area contributed by atoms with Gasteiger partial charge < -0.3 is 5.32 Å². The molecule has 1 unspecified atom stereocenters. The van der Waals surface area contributed by atoms with E-state index in [1.807, 2.05) is 43.4 Å². The fourth-order valence-electron chi connectivity index (χ4n) is 2.76. The average molecular weight is 352 g/mol. The van der Waals surface area contributed by atoms with Gasteiger partial charge >= 0.3 is 0 Å². The second-order valence-corrected chi connectivity index (χ2v) is 6.08. The standard InChI is InChI=1S/C18H14ClN5O/c1-24-16(9-14(23-24)11-5-3-2-4-6-11)20-10-13-12-7-8-15(19)21-17(12)22-18(13)25/h2-10,13H,1H3,(H,21,22,25). The van der Waals surface area contributed by atoms with Gasteiger partial charge in [0, 0.05) is 30.5 Å². The van der Waals surface area contributed by atoms with Crippen LogP contribution in [0.15, 0.2) is 53.5 Å². The van der Waals surface area contributed by atoms with Gasteiger partial charge in [-0.05, 0) is 6.07 Å². The maximum Gasteiger partial charge on any atom is 0.238 e. The lowest BCUT2D eigenvalue weighted by atomic mass is 10.0. The second kappa shape index (κ2) is 6.14. The molecule has 0 saturated heterocycles. The molecule has 0 saturated carbocycles. The molecular formula is C18H14ClN5O. The minimum absolute atomic E-state index is 0.168.